The van der Waals surface area contributed by atoms with Gasteiger partial charge in [0.2, 0.25) is 0 Å². The number of hydrogen-bond acceptors (Lipinski definition) is 3. The molecule has 1 heterocycles. The Morgan fingerprint density at radius 2 is 1.44 bits per heavy atom. The van der Waals surface area contributed by atoms with Crippen molar-refractivity contribution in [3.05, 3.63) is 71.9 Å². The van der Waals surface area contributed by atoms with Gasteiger partial charge in [0.05, 0.1) is 5.57 Å². The predicted molar refractivity (Wildman–Crippen MR) is 99.8 cm³/mol. The molecule has 0 N–H and O–H groups in total. The summed E-state index contributed by atoms with van der Waals surface area (Å²) >= 11 is 0. The third-order valence-electron chi connectivity index (χ3n) is 4.32. The van der Waals surface area contributed by atoms with Gasteiger partial charge in [-0.2, -0.15) is 0 Å². The number of benzene rings is 2. The maximum atomic E-state index is 13.1. The predicted octanol–water partition coefficient (Wildman–Crippen LogP) is 3.70. The SMILES string of the molecule is CCN(C1=C(c2ccccc2)C(=O)N(C(C)C)C1=O)c1ccccc1. The van der Waals surface area contributed by atoms with Gasteiger partial charge in [0.25, 0.3) is 11.8 Å². The van der Waals surface area contributed by atoms with E-state index in [0.717, 1.165) is 11.3 Å². The van der Waals surface area contributed by atoms with Gasteiger partial charge in [0.1, 0.15) is 5.70 Å². The van der Waals surface area contributed by atoms with Crippen LogP contribution in [0.5, 0.6) is 0 Å². The summed E-state index contributed by atoms with van der Waals surface area (Å²) in [5, 5.41) is 0. The molecule has 0 atom stereocenters. The lowest BCUT2D eigenvalue weighted by Gasteiger charge is -2.25. The fourth-order valence-corrected chi connectivity index (χ4v) is 3.20. The van der Waals surface area contributed by atoms with E-state index in [-0.39, 0.29) is 17.9 Å². The molecule has 4 nitrogen and oxygen atoms in total. The number of likely N-dealkylation sites (N-methyl/N-ethyl adjacent to an activating group) is 1. The van der Waals surface area contributed by atoms with Crippen LogP contribution in [0.1, 0.15) is 26.3 Å². The lowest BCUT2D eigenvalue weighted by molar-refractivity contribution is -0.138. The van der Waals surface area contributed by atoms with Crippen LogP contribution in [-0.4, -0.2) is 29.3 Å². The smallest absolute Gasteiger partial charge is 0.278 e. The second kappa shape index (κ2) is 6.93. The summed E-state index contributed by atoms with van der Waals surface area (Å²) in [4.78, 5) is 29.4. The number of rotatable bonds is 5. The van der Waals surface area contributed by atoms with E-state index in [4.69, 9.17) is 0 Å². The highest BCUT2D eigenvalue weighted by Gasteiger charge is 2.42. The van der Waals surface area contributed by atoms with Crippen LogP contribution >= 0.6 is 0 Å². The van der Waals surface area contributed by atoms with Gasteiger partial charge < -0.3 is 4.90 Å². The molecule has 3 rings (SSSR count). The van der Waals surface area contributed by atoms with Crippen molar-refractivity contribution in [1.29, 1.82) is 0 Å². The van der Waals surface area contributed by atoms with Crippen LogP contribution in [0.2, 0.25) is 0 Å². The number of hydrogen-bond donors (Lipinski definition) is 0. The molecule has 0 saturated carbocycles. The molecule has 2 aromatic rings. The molecule has 0 radical (unpaired) electrons. The van der Waals surface area contributed by atoms with Crippen LogP contribution < -0.4 is 4.90 Å². The zero-order valence-electron chi connectivity index (χ0n) is 14.8. The minimum absolute atomic E-state index is 0.189. The molecule has 2 aromatic carbocycles. The summed E-state index contributed by atoms with van der Waals surface area (Å²) in [6.07, 6.45) is 0. The fraction of sp³-hybridized carbons (Fsp3) is 0.238. The van der Waals surface area contributed by atoms with Crippen LogP contribution in [0.25, 0.3) is 5.57 Å². The first-order valence-corrected chi connectivity index (χ1v) is 8.56. The molecule has 0 aromatic heterocycles. The van der Waals surface area contributed by atoms with Gasteiger partial charge in [-0.05, 0) is 38.5 Å². The molecule has 0 spiro atoms. The van der Waals surface area contributed by atoms with Gasteiger partial charge in [-0.25, -0.2) is 0 Å². The highest BCUT2D eigenvalue weighted by Crippen LogP contribution is 2.34. The van der Waals surface area contributed by atoms with Crippen molar-refractivity contribution < 1.29 is 9.59 Å². The van der Waals surface area contributed by atoms with Crippen molar-refractivity contribution in [1.82, 2.24) is 4.90 Å². The number of carbonyl (C=O) groups excluding carboxylic acids is 2. The molecule has 25 heavy (non-hydrogen) atoms. The third-order valence-corrected chi connectivity index (χ3v) is 4.32. The average Bonchev–Trinajstić information content (AvgIpc) is 2.88. The van der Waals surface area contributed by atoms with E-state index < -0.39 is 0 Å². The van der Waals surface area contributed by atoms with Crippen molar-refractivity contribution >= 4 is 23.1 Å². The first-order chi connectivity index (χ1) is 12.1. The number of imide groups is 1. The maximum absolute atomic E-state index is 13.1. The molecule has 2 amide bonds. The van der Waals surface area contributed by atoms with Crippen LogP contribution in [0.4, 0.5) is 5.69 Å². The van der Waals surface area contributed by atoms with E-state index >= 15 is 0 Å². The average molecular weight is 334 g/mol. The number of amides is 2. The van der Waals surface area contributed by atoms with Crippen LogP contribution in [-0.2, 0) is 9.59 Å². The Kier molecular flexibility index (Phi) is 4.70. The zero-order chi connectivity index (χ0) is 18.0. The lowest BCUT2D eigenvalue weighted by atomic mass is 10.0. The Morgan fingerprint density at radius 3 is 1.96 bits per heavy atom. The maximum Gasteiger partial charge on any atom is 0.278 e. The molecule has 0 aliphatic carbocycles. The first kappa shape index (κ1) is 17.0. The van der Waals surface area contributed by atoms with Gasteiger partial charge in [-0.3, -0.25) is 14.5 Å². The Labute approximate surface area is 148 Å². The Hall–Kier alpha value is -2.88. The lowest BCUT2D eigenvalue weighted by Crippen LogP contribution is -2.39. The molecule has 0 unspecified atom stereocenters. The monoisotopic (exact) mass is 334 g/mol. The van der Waals surface area contributed by atoms with Gasteiger partial charge in [-0.1, -0.05) is 48.5 Å². The van der Waals surface area contributed by atoms with E-state index in [0.29, 0.717) is 17.8 Å². The van der Waals surface area contributed by atoms with E-state index in [2.05, 4.69) is 0 Å². The Balaban J connectivity index is 2.21. The number of anilines is 1. The summed E-state index contributed by atoms with van der Waals surface area (Å²) in [5.41, 5.74) is 2.61. The molecular formula is C21H22N2O2. The molecule has 0 bridgehead atoms. The number of nitrogens with zero attached hydrogens (tertiary/aromatic N) is 2. The summed E-state index contributed by atoms with van der Waals surface area (Å²) in [6, 6.07) is 18.9. The zero-order valence-corrected chi connectivity index (χ0v) is 14.8. The number of para-hydroxylation sites is 1. The van der Waals surface area contributed by atoms with E-state index in [1.807, 2.05) is 86.3 Å². The third kappa shape index (κ3) is 2.95. The highest BCUT2D eigenvalue weighted by atomic mass is 16.2. The van der Waals surface area contributed by atoms with Gasteiger partial charge in [0.15, 0.2) is 0 Å². The summed E-state index contributed by atoms with van der Waals surface area (Å²) in [5.74, 6) is -0.458. The topological polar surface area (TPSA) is 40.6 Å². The van der Waals surface area contributed by atoms with Crippen LogP contribution in [0, 0.1) is 0 Å². The summed E-state index contributed by atoms with van der Waals surface area (Å²) in [7, 11) is 0. The molecule has 0 saturated heterocycles. The molecular weight excluding hydrogens is 312 g/mol. The summed E-state index contributed by atoms with van der Waals surface area (Å²) in [6.45, 7) is 6.30. The highest BCUT2D eigenvalue weighted by molar-refractivity contribution is 6.36. The molecule has 128 valence electrons. The van der Waals surface area contributed by atoms with Gasteiger partial charge in [0, 0.05) is 18.3 Å². The van der Waals surface area contributed by atoms with Crippen LogP contribution in [0.3, 0.4) is 0 Å². The van der Waals surface area contributed by atoms with E-state index in [1.54, 1.807) is 0 Å². The number of carbonyl (C=O) groups is 2. The quantitative estimate of drug-likeness (QED) is 0.783. The second-order valence-electron chi connectivity index (χ2n) is 6.24. The minimum Gasteiger partial charge on any atom is -0.337 e. The van der Waals surface area contributed by atoms with E-state index in [1.165, 1.54) is 4.90 Å². The van der Waals surface area contributed by atoms with E-state index in [9.17, 15) is 9.59 Å². The standard InChI is InChI=1S/C21H22N2O2/c1-4-22(17-13-9-6-10-14-17)19-18(16-11-7-5-8-12-16)20(24)23(15(2)3)21(19)25/h5-15H,4H2,1-3H3. The van der Waals surface area contributed by atoms with Crippen molar-refractivity contribution in [2.45, 2.75) is 26.8 Å². The van der Waals surface area contributed by atoms with Gasteiger partial charge >= 0.3 is 0 Å². The minimum atomic E-state index is -0.232. The molecule has 1 aliphatic heterocycles. The van der Waals surface area contributed by atoms with Crippen molar-refractivity contribution in [3.8, 4) is 0 Å². The second-order valence-corrected chi connectivity index (χ2v) is 6.24. The Bertz CT molecular complexity index is 810. The first-order valence-electron chi connectivity index (χ1n) is 8.56. The van der Waals surface area contributed by atoms with Crippen molar-refractivity contribution in [2.24, 2.45) is 0 Å². The molecule has 4 heteroatoms. The molecule has 1 aliphatic rings. The normalized spacial score (nSPS) is 14.6. The van der Waals surface area contributed by atoms with Gasteiger partial charge in [-0.15, -0.1) is 0 Å². The summed E-state index contributed by atoms with van der Waals surface area (Å²) < 4.78 is 0. The fourth-order valence-electron chi connectivity index (χ4n) is 3.20. The van der Waals surface area contributed by atoms with Crippen molar-refractivity contribution in [3.63, 3.8) is 0 Å². The molecule has 0 fully saturated rings. The largest absolute Gasteiger partial charge is 0.337 e. The Morgan fingerprint density at radius 1 is 0.880 bits per heavy atom. The van der Waals surface area contributed by atoms with Crippen molar-refractivity contribution in [2.75, 3.05) is 11.4 Å². The van der Waals surface area contributed by atoms with Crippen LogP contribution in [0.15, 0.2) is 66.4 Å².